The largest absolute Gasteiger partial charge is 0.454 e. The second-order valence-corrected chi connectivity index (χ2v) is 7.69. The number of para-hydroxylation sites is 1. The van der Waals surface area contributed by atoms with Gasteiger partial charge in [0.15, 0.2) is 17.2 Å². The van der Waals surface area contributed by atoms with Gasteiger partial charge in [-0.25, -0.2) is 5.01 Å². The Labute approximate surface area is 178 Å². The molecule has 1 atom stereocenters. The van der Waals surface area contributed by atoms with E-state index in [1.54, 1.807) is 36.5 Å². The summed E-state index contributed by atoms with van der Waals surface area (Å²) in [7, 11) is 0. The number of rotatable bonds is 2. The molecule has 5 rings (SSSR count). The zero-order chi connectivity index (χ0) is 20.9. The second kappa shape index (κ2) is 7.05. The first-order valence-corrected chi connectivity index (χ1v) is 9.92. The molecule has 2 heterocycles. The Morgan fingerprint density at radius 1 is 0.967 bits per heavy atom. The number of allylic oxidation sites excluding steroid dienone is 1. The van der Waals surface area contributed by atoms with Crippen molar-refractivity contribution in [2.75, 3.05) is 11.8 Å². The van der Waals surface area contributed by atoms with Crippen molar-refractivity contribution < 1.29 is 22.6 Å². The summed E-state index contributed by atoms with van der Waals surface area (Å²) in [6.45, 7) is -0.0156. The van der Waals surface area contributed by atoms with Crippen molar-refractivity contribution in [1.82, 2.24) is 0 Å². The number of hydrogen-bond donors (Lipinski definition) is 0. The molecular formula is C22H14BrF3N2O2. The van der Waals surface area contributed by atoms with Crippen LogP contribution in [0.3, 0.4) is 0 Å². The number of halogens is 4. The van der Waals surface area contributed by atoms with Gasteiger partial charge < -0.3 is 9.47 Å². The van der Waals surface area contributed by atoms with Crippen LogP contribution in [0.4, 0.5) is 18.9 Å². The minimum absolute atomic E-state index is 0.0156. The molecule has 4 nitrogen and oxygen atoms in total. The summed E-state index contributed by atoms with van der Waals surface area (Å²) >= 11 is 3.49. The molecule has 2 aliphatic heterocycles. The maximum atomic E-state index is 14.0. The topological polar surface area (TPSA) is 34.1 Å². The van der Waals surface area contributed by atoms with Crippen molar-refractivity contribution in [3.8, 4) is 11.5 Å². The van der Waals surface area contributed by atoms with Gasteiger partial charge in [-0.05, 0) is 23.6 Å². The summed E-state index contributed by atoms with van der Waals surface area (Å²) in [5.41, 5.74) is 0.0154. The first-order chi connectivity index (χ1) is 14.4. The maximum absolute atomic E-state index is 14.0. The lowest BCUT2D eigenvalue weighted by atomic mass is 9.91. The van der Waals surface area contributed by atoms with Crippen LogP contribution in [0.25, 0.3) is 10.8 Å². The molecule has 2 aliphatic rings. The number of hydrazone groups is 1. The molecule has 0 amide bonds. The van der Waals surface area contributed by atoms with Gasteiger partial charge in [0, 0.05) is 21.6 Å². The second-order valence-electron chi connectivity index (χ2n) is 6.84. The highest BCUT2D eigenvalue weighted by Crippen LogP contribution is 2.44. The number of hydrogen-bond acceptors (Lipinski definition) is 4. The van der Waals surface area contributed by atoms with E-state index in [9.17, 15) is 13.2 Å². The van der Waals surface area contributed by atoms with Gasteiger partial charge >= 0.3 is 6.18 Å². The summed E-state index contributed by atoms with van der Waals surface area (Å²) < 4.78 is 53.7. The van der Waals surface area contributed by atoms with Crippen molar-refractivity contribution in [3.63, 3.8) is 0 Å². The van der Waals surface area contributed by atoms with Crippen LogP contribution in [-0.4, -0.2) is 18.7 Å². The lowest BCUT2D eigenvalue weighted by molar-refractivity contribution is -0.0611. The number of alkyl halides is 3. The van der Waals surface area contributed by atoms with Crippen LogP contribution in [0.15, 0.2) is 76.4 Å². The van der Waals surface area contributed by atoms with E-state index < -0.39 is 17.8 Å². The zero-order valence-electron chi connectivity index (χ0n) is 15.4. The highest BCUT2D eigenvalue weighted by atomic mass is 79.9. The standard InChI is InChI=1S/C22H14BrF3N2O2/c23-17-8-9-18(14-5-2-1-4-13(14)17)28-11-10-16(21(27-28)22(24,25)26)15-6-3-7-19-20(15)30-12-29-19/h1-11,16H,12H2/t16-/m0/s1. The van der Waals surface area contributed by atoms with E-state index in [0.29, 0.717) is 22.7 Å². The average Bonchev–Trinajstić information content (AvgIpc) is 3.22. The molecule has 0 spiro atoms. The number of ether oxygens (including phenoxy) is 2. The number of nitrogens with zero attached hydrogens (tertiary/aromatic N) is 2. The van der Waals surface area contributed by atoms with E-state index in [0.717, 1.165) is 15.2 Å². The molecule has 3 aromatic carbocycles. The molecule has 0 N–H and O–H groups in total. The van der Waals surface area contributed by atoms with Crippen LogP contribution < -0.4 is 14.5 Å². The summed E-state index contributed by atoms with van der Waals surface area (Å²) in [6.07, 6.45) is -1.57. The van der Waals surface area contributed by atoms with E-state index in [2.05, 4.69) is 21.0 Å². The van der Waals surface area contributed by atoms with E-state index in [1.165, 1.54) is 11.1 Å². The van der Waals surface area contributed by atoms with Crippen molar-refractivity contribution in [2.45, 2.75) is 12.1 Å². The molecule has 152 valence electrons. The van der Waals surface area contributed by atoms with E-state index in [4.69, 9.17) is 9.47 Å². The molecule has 0 aliphatic carbocycles. The molecule has 0 radical (unpaired) electrons. The van der Waals surface area contributed by atoms with Crippen LogP contribution in [0.5, 0.6) is 11.5 Å². The van der Waals surface area contributed by atoms with Crippen molar-refractivity contribution in [3.05, 3.63) is 76.9 Å². The van der Waals surface area contributed by atoms with Gasteiger partial charge in [0.25, 0.3) is 0 Å². The first-order valence-electron chi connectivity index (χ1n) is 9.12. The molecule has 0 fully saturated rings. The van der Waals surface area contributed by atoms with Gasteiger partial charge in [0.1, 0.15) is 0 Å². The van der Waals surface area contributed by atoms with Gasteiger partial charge in [0.05, 0.1) is 11.6 Å². The predicted molar refractivity (Wildman–Crippen MR) is 112 cm³/mol. The SMILES string of the molecule is FC(F)(F)C1=NN(c2ccc(Br)c3ccccc23)C=C[C@H]1c1cccc2c1OCO2. The Morgan fingerprint density at radius 3 is 2.57 bits per heavy atom. The fourth-order valence-electron chi connectivity index (χ4n) is 3.73. The highest BCUT2D eigenvalue weighted by molar-refractivity contribution is 9.10. The van der Waals surface area contributed by atoms with E-state index >= 15 is 0 Å². The molecule has 0 saturated heterocycles. The Hall–Kier alpha value is -3.00. The third-order valence-electron chi connectivity index (χ3n) is 5.08. The number of benzene rings is 3. The van der Waals surface area contributed by atoms with E-state index in [1.807, 2.05) is 24.3 Å². The summed E-state index contributed by atoms with van der Waals surface area (Å²) in [4.78, 5) is 0. The molecule has 0 saturated carbocycles. The first kappa shape index (κ1) is 19.0. The fourth-order valence-corrected chi connectivity index (χ4v) is 4.21. The molecule has 0 aromatic heterocycles. The third-order valence-corrected chi connectivity index (χ3v) is 5.77. The molecule has 30 heavy (non-hydrogen) atoms. The average molecular weight is 475 g/mol. The lowest BCUT2D eigenvalue weighted by Crippen LogP contribution is -2.34. The lowest BCUT2D eigenvalue weighted by Gasteiger charge is -2.28. The van der Waals surface area contributed by atoms with Gasteiger partial charge in [-0.1, -0.05) is 58.4 Å². The van der Waals surface area contributed by atoms with Crippen LogP contribution in [-0.2, 0) is 0 Å². The van der Waals surface area contributed by atoms with Crippen LogP contribution in [0.1, 0.15) is 11.5 Å². The Balaban J connectivity index is 1.63. The van der Waals surface area contributed by atoms with E-state index in [-0.39, 0.29) is 6.79 Å². The monoisotopic (exact) mass is 474 g/mol. The maximum Gasteiger partial charge on any atom is 0.432 e. The normalized spacial score (nSPS) is 18.1. The van der Waals surface area contributed by atoms with Gasteiger partial charge in [-0.15, -0.1) is 0 Å². The number of anilines is 1. The molecule has 0 unspecified atom stereocenters. The number of fused-ring (bicyclic) bond motifs is 2. The third kappa shape index (κ3) is 3.11. The predicted octanol–water partition coefficient (Wildman–Crippen LogP) is 6.37. The van der Waals surface area contributed by atoms with Crippen LogP contribution in [0, 0.1) is 0 Å². The Bertz CT molecular complexity index is 1210. The molecular weight excluding hydrogens is 461 g/mol. The molecule has 8 heteroatoms. The van der Waals surface area contributed by atoms with Gasteiger partial charge in [-0.2, -0.15) is 18.3 Å². The van der Waals surface area contributed by atoms with Crippen molar-refractivity contribution in [1.29, 1.82) is 0 Å². The molecule has 0 bridgehead atoms. The summed E-state index contributed by atoms with van der Waals surface area (Å²) in [6, 6.07) is 15.9. The summed E-state index contributed by atoms with van der Waals surface area (Å²) in [5, 5.41) is 6.96. The van der Waals surface area contributed by atoms with Gasteiger partial charge in [0.2, 0.25) is 6.79 Å². The zero-order valence-corrected chi connectivity index (χ0v) is 16.9. The van der Waals surface area contributed by atoms with Crippen molar-refractivity contribution >= 4 is 38.1 Å². The van der Waals surface area contributed by atoms with Crippen LogP contribution in [0.2, 0.25) is 0 Å². The van der Waals surface area contributed by atoms with Gasteiger partial charge in [-0.3, -0.25) is 0 Å². The highest BCUT2D eigenvalue weighted by Gasteiger charge is 2.44. The van der Waals surface area contributed by atoms with Crippen LogP contribution >= 0.6 is 15.9 Å². The fraction of sp³-hybridized carbons (Fsp3) is 0.136. The minimum atomic E-state index is -4.62. The van der Waals surface area contributed by atoms with Crippen molar-refractivity contribution in [2.24, 2.45) is 5.10 Å². The molecule has 3 aromatic rings. The Kier molecular flexibility index (Phi) is 4.47. The minimum Gasteiger partial charge on any atom is -0.454 e. The smallest absolute Gasteiger partial charge is 0.432 e. The Morgan fingerprint density at radius 2 is 1.77 bits per heavy atom. The quantitative estimate of drug-likeness (QED) is 0.432. The summed E-state index contributed by atoms with van der Waals surface area (Å²) in [5.74, 6) is -0.338.